The van der Waals surface area contributed by atoms with E-state index >= 15 is 0 Å². The molecule has 3 aromatic rings. The summed E-state index contributed by atoms with van der Waals surface area (Å²) in [6, 6.07) is 13.1. The van der Waals surface area contributed by atoms with Gasteiger partial charge in [-0.3, -0.25) is 0 Å². The predicted molar refractivity (Wildman–Crippen MR) is 118 cm³/mol. The van der Waals surface area contributed by atoms with E-state index in [1.165, 1.54) is 37.8 Å². The molecule has 0 saturated heterocycles. The van der Waals surface area contributed by atoms with E-state index in [-0.39, 0.29) is 0 Å². The van der Waals surface area contributed by atoms with Gasteiger partial charge in [0.15, 0.2) is 0 Å². The summed E-state index contributed by atoms with van der Waals surface area (Å²) in [5.74, 6) is 0. The fourth-order valence-electron chi connectivity index (χ4n) is 3.55. The number of hydrogen-bond acceptors (Lipinski definition) is 3. The van der Waals surface area contributed by atoms with E-state index in [9.17, 15) is 8.42 Å². The van der Waals surface area contributed by atoms with Gasteiger partial charge >= 0.3 is 0 Å². The van der Waals surface area contributed by atoms with Crippen LogP contribution in [0.2, 0.25) is 0 Å². The van der Waals surface area contributed by atoms with Crippen molar-refractivity contribution >= 4 is 20.8 Å². The molecule has 0 atom stereocenters. The lowest BCUT2D eigenvalue weighted by Gasteiger charge is -2.08. The Morgan fingerprint density at radius 1 is 0.828 bits per heavy atom. The Bertz CT molecular complexity index is 969. The van der Waals surface area contributed by atoms with Crippen molar-refractivity contribution in [3.05, 3.63) is 60.7 Å². The third-order valence-corrected chi connectivity index (χ3v) is 6.71. The number of H-pyrrole nitrogens is 1. The van der Waals surface area contributed by atoms with Gasteiger partial charge in [0.2, 0.25) is 10.0 Å². The Morgan fingerprint density at radius 3 is 2.24 bits per heavy atom. The first-order valence-corrected chi connectivity index (χ1v) is 12.1. The number of nitrogens with one attached hydrogen (secondary N) is 2. The number of aromatic nitrogens is 2. The molecule has 0 fully saturated rings. The summed E-state index contributed by atoms with van der Waals surface area (Å²) in [6.07, 6.45) is 14.0. The Hall–Kier alpha value is -2.18. The second-order valence-electron chi connectivity index (χ2n) is 7.56. The molecule has 0 saturated carbocycles. The van der Waals surface area contributed by atoms with Gasteiger partial charge in [-0.05, 0) is 42.2 Å². The molecule has 1 aromatic heterocycles. The molecule has 5 nitrogen and oxygen atoms in total. The normalized spacial score (nSPS) is 11.9. The van der Waals surface area contributed by atoms with Crippen LogP contribution in [0.25, 0.3) is 10.8 Å². The standard InChI is InChI=1S/C23H31N3O2S/c27-29(28,23-15-14-20-11-8-9-12-21(20)17-23)26-16-10-6-4-2-1-3-5-7-13-22-18-24-19-25-22/h8-9,11-12,14-15,17-19,26H,1-7,10,13,16H2,(H,24,25). The molecule has 6 heteroatoms. The third kappa shape index (κ3) is 6.98. The highest BCUT2D eigenvalue weighted by Crippen LogP contribution is 2.19. The van der Waals surface area contributed by atoms with Crippen LogP contribution in [-0.2, 0) is 16.4 Å². The highest BCUT2D eigenvalue weighted by Gasteiger charge is 2.13. The number of benzene rings is 2. The van der Waals surface area contributed by atoms with Crippen LogP contribution in [0.4, 0.5) is 0 Å². The minimum absolute atomic E-state index is 0.339. The molecular weight excluding hydrogens is 382 g/mol. The van der Waals surface area contributed by atoms with Crippen molar-refractivity contribution in [2.24, 2.45) is 0 Å². The van der Waals surface area contributed by atoms with Crippen molar-refractivity contribution in [1.82, 2.24) is 14.7 Å². The minimum Gasteiger partial charge on any atom is -0.348 e. The fourth-order valence-corrected chi connectivity index (χ4v) is 4.66. The van der Waals surface area contributed by atoms with E-state index < -0.39 is 10.0 Å². The fraction of sp³-hybridized carbons (Fsp3) is 0.435. The van der Waals surface area contributed by atoms with Gasteiger partial charge in [0.25, 0.3) is 0 Å². The van der Waals surface area contributed by atoms with E-state index in [0.29, 0.717) is 11.4 Å². The van der Waals surface area contributed by atoms with Crippen LogP contribution >= 0.6 is 0 Å². The maximum Gasteiger partial charge on any atom is 0.240 e. The Kier molecular flexibility index (Phi) is 8.25. The topological polar surface area (TPSA) is 74.8 Å². The summed E-state index contributed by atoms with van der Waals surface area (Å²) in [6.45, 7) is 0.499. The van der Waals surface area contributed by atoms with Crippen LogP contribution in [0.3, 0.4) is 0 Å². The second kappa shape index (κ2) is 11.1. The zero-order valence-electron chi connectivity index (χ0n) is 16.9. The molecular formula is C23H31N3O2S. The zero-order chi connectivity index (χ0) is 20.4. The zero-order valence-corrected chi connectivity index (χ0v) is 17.8. The molecule has 0 bridgehead atoms. The molecule has 2 aromatic carbocycles. The molecule has 29 heavy (non-hydrogen) atoms. The molecule has 0 radical (unpaired) electrons. The number of imidazole rings is 1. The number of unbranched alkanes of at least 4 members (excludes halogenated alkanes) is 7. The smallest absolute Gasteiger partial charge is 0.240 e. The second-order valence-corrected chi connectivity index (χ2v) is 9.33. The van der Waals surface area contributed by atoms with Crippen LogP contribution in [0, 0.1) is 0 Å². The van der Waals surface area contributed by atoms with E-state index in [2.05, 4.69) is 14.7 Å². The van der Waals surface area contributed by atoms with E-state index in [0.717, 1.165) is 36.5 Å². The molecule has 0 aliphatic carbocycles. The summed E-state index contributed by atoms with van der Waals surface area (Å²) in [4.78, 5) is 7.51. The highest BCUT2D eigenvalue weighted by molar-refractivity contribution is 7.89. The van der Waals surface area contributed by atoms with Gasteiger partial charge in [-0.2, -0.15) is 0 Å². The molecule has 2 N–H and O–H groups in total. The van der Waals surface area contributed by atoms with Crippen molar-refractivity contribution in [2.75, 3.05) is 6.54 Å². The van der Waals surface area contributed by atoms with Crippen LogP contribution in [0.1, 0.15) is 57.1 Å². The van der Waals surface area contributed by atoms with E-state index in [1.807, 2.05) is 36.5 Å². The molecule has 0 unspecified atom stereocenters. The number of aromatic amines is 1. The molecule has 156 valence electrons. The number of aryl methyl sites for hydroxylation is 1. The Balaban J connectivity index is 1.25. The quantitative estimate of drug-likeness (QED) is 0.378. The SMILES string of the molecule is O=S(=O)(NCCCCCCCCCCc1cnc[nH]1)c1ccc2ccccc2c1. The van der Waals surface area contributed by atoms with Gasteiger partial charge in [0, 0.05) is 18.4 Å². The molecule has 3 rings (SSSR count). The number of sulfonamides is 1. The molecule has 0 amide bonds. The van der Waals surface area contributed by atoms with Crippen molar-refractivity contribution in [3.63, 3.8) is 0 Å². The largest absolute Gasteiger partial charge is 0.348 e. The van der Waals surface area contributed by atoms with Crippen molar-refractivity contribution in [3.8, 4) is 0 Å². The first-order chi connectivity index (χ1) is 14.1. The highest BCUT2D eigenvalue weighted by atomic mass is 32.2. The molecule has 0 spiro atoms. The lowest BCUT2D eigenvalue weighted by Crippen LogP contribution is -2.24. The van der Waals surface area contributed by atoms with Gasteiger partial charge in [-0.25, -0.2) is 18.1 Å². The number of hydrogen-bond donors (Lipinski definition) is 2. The first kappa shape index (κ1) is 21.5. The number of fused-ring (bicyclic) bond motifs is 1. The van der Waals surface area contributed by atoms with Gasteiger partial charge in [0.05, 0.1) is 11.2 Å². The summed E-state index contributed by atoms with van der Waals surface area (Å²) >= 11 is 0. The average molecular weight is 414 g/mol. The number of rotatable bonds is 13. The van der Waals surface area contributed by atoms with E-state index in [1.54, 1.807) is 18.5 Å². The lowest BCUT2D eigenvalue weighted by molar-refractivity contribution is 0.555. The van der Waals surface area contributed by atoms with Crippen molar-refractivity contribution < 1.29 is 8.42 Å². The summed E-state index contributed by atoms with van der Waals surface area (Å²) in [5, 5.41) is 1.99. The summed E-state index contributed by atoms with van der Waals surface area (Å²) in [7, 11) is -3.44. The first-order valence-electron chi connectivity index (χ1n) is 10.6. The van der Waals surface area contributed by atoms with Gasteiger partial charge in [-0.15, -0.1) is 0 Å². The summed E-state index contributed by atoms with van der Waals surface area (Å²) in [5.41, 5.74) is 1.22. The molecule has 1 heterocycles. The monoisotopic (exact) mass is 413 g/mol. The third-order valence-electron chi connectivity index (χ3n) is 5.25. The van der Waals surface area contributed by atoms with Crippen LogP contribution in [0.5, 0.6) is 0 Å². The maximum absolute atomic E-state index is 12.5. The van der Waals surface area contributed by atoms with Crippen LogP contribution in [0.15, 0.2) is 59.9 Å². The maximum atomic E-state index is 12.5. The minimum atomic E-state index is -3.44. The van der Waals surface area contributed by atoms with Crippen molar-refractivity contribution in [2.45, 2.75) is 62.7 Å². The van der Waals surface area contributed by atoms with Gasteiger partial charge in [-0.1, -0.05) is 68.9 Å². The molecule has 0 aliphatic rings. The van der Waals surface area contributed by atoms with Gasteiger partial charge < -0.3 is 4.98 Å². The summed E-state index contributed by atoms with van der Waals surface area (Å²) < 4.78 is 27.7. The number of nitrogens with zero attached hydrogens (tertiary/aromatic N) is 1. The lowest BCUT2D eigenvalue weighted by atomic mass is 10.1. The predicted octanol–water partition coefficient (Wildman–Crippen LogP) is 5.20. The van der Waals surface area contributed by atoms with Crippen LogP contribution in [-0.4, -0.2) is 24.9 Å². The van der Waals surface area contributed by atoms with Crippen molar-refractivity contribution in [1.29, 1.82) is 0 Å². The molecule has 0 aliphatic heterocycles. The van der Waals surface area contributed by atoms with E-state index in [4.69, 9.17) is 0 Å². The Labute approximate surface area is 174 Å². The van der Waals surface area contributed by atoms with Gasteiger partial charge in [0.1, 0.15) is 0 Å². The Morgan fingerprint density at radius 2 is 1.52 bits per heavy atom. The average Bonchev–Trinajstić information content (AvgIpc) is 3.25. The van der Waals surface area contributed by atoms with Crippen LogP contribution < -0.4 is 4.72 Å².